The minimum Gasteiger partial charge on any atom is -0.493 e. The van der Waals surface area contributed by atoms with Crippen LogP contribution in [0.1, 0.15) is 16.8 Å². The van der Waals surface area contributed by atoms with Gasteiger partial charge in [-0.15, -0.1) is 0 Å². The van der Waals surface area contributed by atoms with Gasteiger partial charge in [-0.2, -0.15) is 0 Å². The molecule has 132 valence electrons. The SMILES string of the molecule is COc1ccc(NC(=O)c2c(F)cccc2F)cc1OC1CCOC1. The van der Waals surface area contributed by atoms with E-state index in [0.717, 1.165) is 18.6 Å². The zero-order chi connectivity index (χ0) is 17.8. The Balaban J connectivity index is 1.81. The Bertz CT molecular complexity index is 755. The van der Waals surface area contributed by atoms with Crippen molar-refractivity contribution in [2.75, 3.05) is 25.6 Å². The highest BCUT2D eigenvalue weighted by Crippen LogP contribution is 2.32. The molecule has 1 aliphatic heterocycles. The van der Waals surface area contributed by atoms with Crippen LogP contribution in [0.2, 0.25) is 0 Å². The maximum atomic E-state index is 13.7. The van der Waals surface area contributed by atoms with E-state index in [1.807, 2.05) is 0 Å². The highest BCUT2D eigenvalue weighted by Gasteiger charge is 2.21. The third-order valence-corrected chi connectivity index (χ3v) is 3.79. The first-order valence-electron chi connectivity index (χ1n) is 7.76. The highest BCUT2D eigenvalue weighted by atomic mass is 19.1. The summed E-state index contributed by atoms with van der Waals surface area (Å²) in [5.74, 6) is -1.82. The van der Waals surface area contributed by atoms with Gasteiger partial charge in [0, 0.05) is 18.2 Å². The zero-order valence-electron chi connectivity index (χ0n) is 13.6. The molecule has 3 rings (SSSR count). The fourth-order valence-electron chi connectivity index (χ4n) is 2.54. The topological polar surface area (TPSA) is 56.8 Å². The Morgan fingerprint density at radius 1 is 1.20 bits per heavy atom. The molecule has 1 N–H and O–H groups in total. The molecule has 0 aromatic heterocycles. The number of ether oxygens (including phenoxy) is 3. The first-order valence-corrected chi connectivity index (χ1v) is 7.76. The predicted octanol–water partition coefficient (Wildman–Crippen LogP) is 3.39. The lowest BCUT2D eigenvalue weighted by Crippen LogP contribution is -2.17. The van der Waals surface area contributed by atoms with E-state index in [1.165, 1.54) is 13.2 Å². The lowest BCUT2D eigenvalue weighted by molar-refractivity contribution is 0.101. The minimum atomic E-state index is -0.925. The van der Waals surface area contributed by atoms with E-state index in [4.69, 9.17) is 14.2 Å². The summed E-state index contributed by atoms with van der Waals surface area (Å²) >= 11 is 0. The lowest BCUT2D eigenvalue weighted by atomic mass is 10.1. The van der Waals surface area contributed by atoms with Crippen LogP contribution in [0.4, 0.5) is 14.5 Å². The van der Waals surface area contributed by atoms with Gasteiger partial charge in [-0.3, -0.25) is 4.79 Å². The smallest absolute Gasteiger partial charge is 0.261 e. The number of hydrogen-bond acceptors (Lipinski definition) is 4. The van der Waals surface area contributed by atoms with Gasteiger partial charge in [0.1, 0.15) is 23.3 Å². The van der Waals surface area contributed by atoms with Crippen molar-refractivity contribution in [3.63, 3.8) is 0 Å². The number of benzene rings is 2. The van der Waals surface area contributed by atoms with Gasteiger partial charge in [0.2, 0.25) is 0 Å². The largest absolute Gasteiger partial charge is 0.493 e. The molecule has 1 heterocycles. The molecule has 1 unspecified atom stereocenters. The van der Waals surface area contributed by atoms with E-state index in [-0.39, 0.29) is 6.10 Å². The third kappa shape index (κ3) is 3.88. The van der Waals surface area contributed by atoms with Crippen LogP contribution in [0.5, 0.6) is 11.5 Å². The van der Waals surface area contributed by atoms with Crippen LogP contribution in [-0.4, -0.2) is 32.3 Å². The van der Waals surface area contributed by atoms with Gasteiger partial charge >= 0.3 is 0 Å². The summed E-state index contributed by atoms with van der Waals surface area (Å²) in [4.78, 5) is 12.2. The Kier molecular flexibility index (Phi) is 5.14. The van der Waals surface area contributed by atoms with Gasteiger partial charge < -0.3 is 19.5 Å². The molecule has 7 heteroatoms. The van der Waals surface area contributed by atoms with Crippen LogP contribution >= 0.6 is 0 Å². The second-order valence-corrected chi connectivity index (χ2v) is 5.52. The molecule has 25 heavy (non-hydrogen) atoms. The number of nitrogens with one attached hydrogen (secondary N) is 1. The maximum Gasteiger partial charge on any atom is 0.261 e. The molecule has 0 radical (unpaired) electrons. The van der Waals surface area contributed by atoms with Gasteiger partial charge in [0.15, 0.2) is 11.5 Å². The van der Waals surface area contributed by atoms with Crippen LogP contribution in [-0.2, 0) is 4.74 Å². The van der Waals surface area contributed by atoms with Crippen molar-refractivity contribution in [1.29, 1.82) is 0 Å². The van der Waals surface area contributed by atoms with Gasteiger partial charge in [-0.25, -0.2) is 8.78 Å². The molecule has 1 saturated heterocycles. The fraction of sp³-hybridized carbons (Fsp3) is 0.278. The van der Waals surface area contributed by atoms with Crippen LogP contribution < -0.4 is 14.8 Å². The molecule has 2 aromatic rings. The quantitative estimate of drug-likeness (QED) is 0.899. The molecule has 1 amide bonds. The van der Waals surface area contributed by atoms with E-state index < -0.39 is 23.1 Å². The van der Waals surface area contributed by atoms with Crippen molar-refractivity contribution in [1.82, 2.24) is 0 Å². The van der Waals surface area contributed by atoms with Crippen molar-refractivity contribution in [3.8, 4) is 11.5 Å². The van der Waals surface area contributed by atoms with Crippen molar-refractivity contribution < 1.29 is 27.8 Å². The molecule has 1 fully saturated rings. The monoisotopic (exact) mass is 349 g/mol. The van der Waals surface area contributed by atoms with Crippen LogP contribution in [0.15, 0.2) is 36.4 Å². The Morgan fingerprint density at radius 3 is 2.60 bits per heavy atom. The number of halogens is 2. The first-order chi connectivity index (χ1) is 12.1. The van der Waals surface area contributed by atoms with E-state index in [1.54, 1.807) is 18.2 Å². The Hall–Kier alpha value is -2.67. The van der Waals surface area contributed by atoms with Crippen molar-refractivity contribution in [2.24, 2.45) is 0 Å². The number of hydrogen-bond donors (Lipinski definition) is 1. The molecule has 0 spiro atoms. The predicted molar refractivity (Wildman–Crippen MR) is 87.2 cm³/mol. The molecule has 5 nitrogen and oxygen atoms in total. The molecule has 2 aromatic carbocycles. The average Bonchev–Trinajstić information content (AvgIpc) is 3.08. The second kappa shape index (κ2) is 7.48. The van der Waals surface area contributed by atoms with Crippen LogP contribution in [0.3, 0.4) is 0 Å². The van der Waals surface area contributed by atoms with E-state index >= 15 is 0 Å². The van der Waals surface area contributed by atoms with Crippen molar-refractivity contribution in [2.45, 2.75) is 12.5 Å². The van der Waals surface area contributed by atoms with Gasteiger partial charge in [0.25, 0.3) is 5.91 Å². The highest BCUT2D eigenvalue weighted by molar-refractivity contribution is 6.04. The fourth-order valence-corrected chi connectivity index (χ4v) is 2.54. The number of anilines is 1. The first kappa shape index (κ1) is 17.2. The molecule has 0 saturated carbocycles. The average molecular weight is 349 g/mol. The normalized spacial score (nSPS) is 16.5. The molecule has 1 aliphatic rings. The number of carbonyl (C=O) groups is 1. The third-order valence-electron chi connectivity index (χ3n) is 3.79. The van der Waals surface area contributed by atoms with Crippen molar-refractivity contribution >= 4 is 11.6 Å². The summed E-state index contributed by atoms with van der Waals surface area (Å²) in [5.41, 5.74) is -0.299. The van der Waals surface area contributed by atoms with Crippen LogP contribution in [0, 0.1) is 11.6 Å². The number of rotatable bonds is 5. The van der Waals surface area contributed by atoms with Gasteiger partial charge in [-0.05, 0) is 24.3 Å². The number of methoxy groups -OCH3 is 1. The van der Waals surface area contributed by atoms with E-state index in [9.17, 15) is 13.6 Å². The Morgan fingerprint density at radius 2 is 1.96 bits per heavy atom. The summed E-state index contributed by atoms with van der Waals surface area (Å²) in [5, 5.41) is 2.47. The standard InChI is InChI=1S/C18H17F2NO4/c1-23-15-6-5-11(9-16(15)25-12-7-8-24-10-12)21-18(22)17-13(19)3-2-4-14(17)20/h2-6,9,12H,7-8,10H2,1H3,(H,21,22). The van der Waals surface area contributed by atoms with Crippen LogP contribution in [0.25, 0.3) is 0 Å². The van der Waals surface area contributed by atoms with Gasteiger partial charge in [-0.1, -0.05) is 6.07 Å². The maximum absolute atomic E-state index is 13.7. The number of carbonyl (C=O) groups excluding carboxylic acids is 1. The summed E-state index contributed by atoms with van der Waals surface area (Å²) in [6, 6.07) is 7.98. The minimum absolute atomic E-state index is 0.108. The van der Waals surface area contributed by atoms with Crippen molar-refractivity contribution in [3.05, 3.63) is 53.6 Å². The van der Waals surface area contributed by atoms with Gasteiger partial charge in [0.05, 0.1) is 20.3 Å². The summed E-state index contributed by atoms with van der Waals surface area (Å²) < 4.78 is 43.8. The Labute approximate surface area is 143 Å². The molecular weight excluding hydrogens is 332 g/mol. The lowest BCUT2D eigenvalue weighted by Gasteiger charge is -2.16. The number of amides is 1. The summed E-state index contributed by atoms with van der Waals surface area (Å²) in [7, 11) is 1.50. The molecule has 0 bridgehead atoms. The van der Waals surface area contributed by atoms with E-state index in [0.29, 0.717) is 30.4 Å². The zero-order valence-corrected chi connectivity index (χ0v) is 13.6. The molecule has 1 atom stereocenters. The molecular formula is C18H17F2NO4. The summed E-state index contributed by atoms with van der Waals surface area (Å²) in [6.07, 6.45) is 0.643. The van der Waals surface area contributed by atoms with E-state index in [2.05, 4.69) is 5.32 Å². The second-order valence-electron chi connectivity index (χ2n) is 5.52. The summed E-state index contributed by atoms with van der Waals surface area (Å²) in [6.45, 7) is 1.09. The molecule has 0 aliphatic carbocycles.